The number of hydrogen-bond acceptors (Lipinski definition) is 5. The molecule has 1 fully saturated rings. The largest absolute Gasteiger partial charge is 0.383 e. The van der Waals surface area contributed by atoms with Crippen LogP contribution >= 0.6 is 0 Å². The van der Waals surface area contributed by atoms with Crippen molar-refractivity contribution in [3.8, 4) is 0 Å². The van der Waals surface area contributed by atoms with Crippen LogP contribution in [0.3, 0.4) is 0 Å². The smallest absolute Gasteiger partial charge is 0.266 e. The van der Waals surface area contributed by atoms with Crippen molar-refractivity contribution in [2.75, 3.05) is 50.1 Å². The van der Waals surface area contributed by atoms with E-state index in [2.05, 4.69) is 22.2 Å². The monoisotopic (exact) mass is 380 g/mol. The lowest BCUT2D eigenvalue weighted by Crippen LogP contribution is -2.51. The third-order valence-corrected chi connectivity index (χ3v) is 4.89. The molecule has 2 aromatic carbocycles. The van der Waals surface area contributed by atoms with Crippen LogP contribution in [0, 0.1) is 0 Å². The molecular formula is C22H28N4O2. The van der Waals surface area contributed by atoms with Gasteiger partial charge < -0.3 is 19.5 Å². The maximum Gasteiger partial charge on any atom is 0.266 e. The molecule has 1 aliphatic heterocycles. The Bertz CT molecular complexity index is 782. The Labute approximate surface area is 167 Å². The fourth-order valence-electron chi connectivity index (χ4n) is 3.17. The molecule has 0 radical (unpaired) electrons. The molecule has 6 nitrogen and oxygen atoms in total. The maximum absolute atomic E-state index is 12.6. The normalized spacial score (nSPS) is 15.5. The molecule has 28 heavy (non-hydrogen) atoms. The van der Waals surface area contributed by atoms with E-state index in [0.29, 0.717) is 13.1 Å². The highest BCUT2D eigenvalue weighted by Gasteiger charge is 2.26. The minimum atomic E-state index is -0.597. The lowest BCUT2D eigenvalue weighted by molar-refractivity contribution is -0.142. The van der Waals surface area contributed by atoms with Crippen LogP contribution < -0.4 is 9.80 Å². The average molecular weight is 380 g/mol. The molecule has 1 atom stereocenters. The molecular weight excluding hydrogens is 352 g/mol. The molecule has 1 amide bonds. The van der Waals surface area contributed by atoms with Gasteiger partial charge in [-0.25, -0.2) is 0 Å². The molecule has 0 aromatic heterocycles. The van der Waals surface area contributed by atoms with Crippen LogP contribution in [0.5, 0.6) is 0 Å². The molecule has 1 saturated heterocycles. The molecule has 0 spiro atoms. The summed E-state index contributed by atoms with van der Waals surface area (Å²) < 4.78 is 0. The van der Waals surface area contributed by atoms with Crippen molar-refractivity contribution in [3.63, 3.8) is 0 Å². The van der Waals surface area contributed by atoms with E-state index in [1.807, 2.05) is 66.4 Å². The fourth-order valence-corrected chi connectivity index (χ4v) is 3.17. The number of rotatable bonds is 6. The Morgan fingerprint density at radius 2 is 1.68 bits per heavy atom. The summed E-state index contributed by atoms with van der Waals surface area (Å²) in [6.45, 7) is 4.78. The van der Waals surface area contributed by atoms with Crippen molar-refractivity contribution in [2.24, 2.45) is 5.16 Å². The molecule has 1 aliphatic rings. The number of carbonyl (C=O) groups is 1. The van der Waals surface area contributed by atoms with Crippen LogP contribution in [0.15, 0.2) is 59.8 Å². The Kier molecular flexibility index (Phi) is 6.53. The third-order valence-electron chi connectivity index (χ3n) is 4.89. The summed E-state index contributed by atoms with van der Waals surface area (Å²) in [5, 5.41) is 4.00. The zero-order chi connectivity index (χ0) is 19.9. The van der Waals surface area contributed by atoms with Crippen molar-refractivity contribution in [3.05, 3.63) is 60.2 Å². The van der Waals surface area contributed by atoms with Gasteiger partial charge in [0.05, 0.1) is 6.21 Å². The highest BCUT2D eigenvalue weighted by Crippen LogP contribution is 2.16. The molecule has 148 valence electrons. The van der Waals surface area contributed by atoms with E-state index in [0.717, 1.165) is 24.3 Å². The summed E-state index contributed by atoms with van der Waals surface area (Å²) >= 11 is 0. The number of oxime groups is 1. The fraction of sp³-hybridized carbons (Fsp3) is 0.364. The standard InChI is InChI=1S/C22H28N4O2/c1-18(28-23-17-19-9-11-20(12-10-19)24(2)3)22(27)26-15-13-25(14-16-26)21-7-5-4-6-8-21/h4-12,17-18H,13-16H2,1-3H3/b23-17+. The lowest BCUT2D eigenvalue weighted by Gasteiger charge is -2.36. The van der Waals surface area contributed by atoms with Crippen molar-refractivity contribution >= 4 is 23.5 Å². The van der Waals surface area contributed by atoms with E-state index >= 15 is 0 Å². The number of anilines is 2. The second kappa shape index (κ2) is 9.26. The molecule has 0 N–H and O–H groups in total. The summed E-state index contributed by atoms with van der Waals surface area (Å²) in [4.78, 5) is 24.2. The number of amides is 1. The average Bonchev–Trinajstić information content (AvgIpc) is 2.74. The van der Waals surface area contributed by atoms with E-state index in [4.69, 9.17) is 4.84 Å². The van der Waals surface area contributed by atoms with Gasteiger partial charge in [-0.2, -0.15) is 0 Å². The maximum atomic E-state index is 12.6. The van der Waals surface area contributed by atoms with Crippen molar-refractivity contribution in [1.82, 2.24) is 4.90 Å². The molecule has 6 heteroatoms. The van der Waals surface area contributed by atoms with Crippen LogP contribution in [0.2, 0.25) is 0 Å². The Hall–Kier alpha value is -3.02. The number of hydrogen-bond donors (Lipinski definition) is 0. The van der Waals surface area contributed by atoms with Gasteiger partial charge >= 0.3 is 0 Å². The van der Waals surface area contributed by atoms with Gasteiger partial charge in [0, 0.05) is 51.6 Å². The van der Waals surface area contributed by atoms with Gasteiger partial charge in [0.25, 0.3) is 5.91 Å². The Balaban J connectivity index is 1.47. The van der Waals surface area contributed by atoms with Crippen LogP contribution in [0.25, 0.3) is 0 Å². The summed E-state index contributed by atoms with van der Waals surface area (Å²) in [6, 6.07) is 18.3. The van der Waals surface area contributed by atoms with Gasteiger partial charge in [-0.15, -0.1) is 0 Å². The summed E-state index contributed by atoms with van der Waals surface area (Å²) in [7, 11) is 4.00. The van der Waals surface area contributed by atoms with E-state index < -0.39 is 6.10 Å². The van der Waals surface area contributed by atoms with Gasteiger partial charge in [-0.1, -0.05) is 35.5 Å². The van der Waals surface area contributed by atoms with Gasteiger partial charge in [-0.3, -0.25) is 4.79 Å². The Morgan fingerprint density at radius 1 is 1.04 bits per heavy atom. The van der Waals surface area contributed by atoms with Crippen molar-refractivity contribution < 1.29 is 9.63 Å². The van der Waals surface area contributed by atoms with E-state index in [-0.39, 0.29) is 5.91 Å². The SMILES string of the molecule is CC(O/N=C/c1ccc(N(C)C)cc1)C(=O)N1CCN(c2ccccc2)CC1. The number of nitrogens with zero attached hydrogens (tertiary/aromatic N) is 4. The minimum absolute atomic E-state index is 0.0205. The first-order valence-electron chi connectivity index (χ1n) is 9.60. The molecule has 0 aliphatic carbocycles. The van der Waals surface area contributed by atoms with Crippen molar-refractivity contribution in [2.45, 2.75) is 13.0 Å². The van der Waals surface area contributed by atoms with Crippen LogP contribution in [0.4, 0.5) is 11.4 Å². The zero-order valence-corrected chi connectivity index (χ0v) is 16.8. The summed E-state index contributed by atoms with van der Waals surface area (Å²) in [5.41, 5.74) is 3.25. The molecule has 2 aromatic rings. The first kappa shape index (κ1) is 19.7. The number of piperazine rings is 1. The van der Waals surface area contributed by atoms with Crippen molar-refractivity contribution in [1.29, 1.82) is 0 Å². The lowest BCUT2D eigenvalue weighted by atomic mass is 10.2. The molecule has 0 saturated carbocycles. The summed E-state index contributed by atoms with van der Waals surface area (Å²) in [5.74, 6) is -0.0205. The molecule has 1 unspecified atom stereocenters. The quantitative estimate of drug-likeness (QED) is 0.571. The number of benzene rings is 2. The van der Waals surface area contributed by atoms with E-state index in [9.17, 15) is 4.79 Å². The molecule has 3 rings (SSSR count). The molecule has 1 heterocycles. The van der Waals surface area contributed by atoms with Gasteiger partial charge in [-0.05, 0) is 36.8 Å². The second-order valence-corrected chi connectivity index (χ2v) is 7.12. The predicted molar refractivity (Wildman–Crippen MR) is 114 cm³/mol. The van der Waals surface area contributed by atoms with E-state index in [1.54, 1.807) is 13.1 Å². The topological polar surface area (TPSA) is 48.4 Å². The first-order chi connectivity index (χ1) is 13.5. The highest BCUT2D eigenvalue weighted by atomic mass is 16.6. The zero-order valence-electron chi connectivity index (χ0n) is 16.8. The Morgan fingerprint density at radius 3 is 2.29 bits per heavy atom. The number of para-hydroxylation sites is 1. The summed E-state index contributed by atoms with van der Waals surface area (Å²) in [6.07, 6.45) is 1.04. The first-order valence-corrected chi connectivity index (χ1v) is 9.60. The van der Waals surface area contributed by atoms with Crippen LogP contribution in [-0.2, 0) is 9.63 Å². The third kappa shape index (κ3) is 5.03. The second-order valence-electron chi connectivity index (χ2n) is 7.12. The predicted octanol–water partition coefficient (Wildman–Crippen LogP) is 2.84. The van der Waals surface area contributed by atoms with Crippen LogP contribution in [0.1, 0.15) is 12.5 Å². The van der Waals surface area contributed by atoms with Gasteiger partial charge in [0.1, 0.15) is 0 Å². The highest BCUT2D eigenvalue weighted by molar-refractivity contribution is 5.82. The molecule has 0 bridgehead atoms. The van der Waals surface area contributed by atoms with Gasteiger partial charge in [0.2, 0.25) is 6.10 Å². The van der Waals surface area contributed by atoms with Gasteiger partial charge in [0.15, 0.2) is 0 Å². The van der Waals surface area contributed by atoms with E-state index in [1.165, 1.54) is 5.69 Å². The number of carbonyl (C=O) groups excluding carboxylic acids is 1. The minimum Gasteiger partial charge on any atom is -0.383 e. The van der Waals surface area contributed by atoms with Crippen LogP contribution in [-0.4, -0.2) is 63.4 Å².